The summed E-state index contributed by atoms with van der Waals surface area (Å²) >= 11 is 6.15. The molecule has 1 aliphatic heterocycles. The Balaban J connectivity index is 1.18. The number of anilines is 1. The predicted molar refractivity (Wildman–Crippen MR) is 153 cm³/mol. The van der Waals surface area contributed by atoms with E-state index in [1.807, 2.05) is 52.3 Å². The maximum atomic E-state index is 13.4. The van der Waals surface area contributed by atoms with Crippen LogP contribution in [0.4, 0.5) is 10.5 Å². The van der Waals surface area contributed by atoms with Gasteiger partial charge in [-0.05, 0) is 53.9 Å². The summed E-state index contributed by atoms with van der Waals surface area (Å²) in [4.78, 5) is 32.5. The lowest BCUT2D eigenvalue weighted by atomic mass is 9.49. The third-order valence-corrected chi connectivity index (χ3v) is 9.16. The largest absolute Gasteiger partial charge is 0.340 e. The number of hydrogen-bond acceptors (Lipinski definition) is 3. The fourth-order valence-corrected chi connectivity index (χ4v) is 6.45. The molecule has 0 radical (unpaired) electrons. The number of allylic oxidation sites excluding steroid dienone is 1. The van der Waals surface area contributed by atoms with E-state index in [1.165, 1.54) is 12.0 Å². The summed E-state index contributed by atoms with van der Waals surface area (Å²) in [6.07, 6.45) is 5.18. The Bertz CT molecular complexity index is 1170. The molecule has 2 unspecified atom stereocenters. The second-order valence-electron chi connectivity index (χ2n) is 11.6. The van der Waals surface area contributed by atoms with Crippen molar-refractivity contribution >= 4 is 29.2 Å². The SMILES string of the molecule is CC1(C)C2CC=C(CN(CCN3CCN(C(=O)Cc4ccccc4)CC3)C(=O)Nc3cccc(Cl)c3)C1C2. The maximum Gasteiger partial charge on any atom is 0.322 e. The van der Waals surface area contributed by atoms with Crippen molar-refractivity contribution in [2.24, 2.45) is 17.3 Å². The zero-order valence-corrected chi connectivity index (χ0v) is 23.3. The van der Waals surface area contributed by atoms with E-state index in [0.717, 1.165) is 50.6 Å². The number of benzene rings is 2. The standard InChI is InChI=1S/C31H39ClN4O2/c1-31(2)25-12-11-24(28(31)20-25)22-36(30(38)33-27-10-6-9-26(32)21-27)18-15-34-13-16-35(17-14-34)29(37)19-23-7-4-3-5-8-23/h3-11,21,25,28H,12-20,22H2,1-2H3,(H,33,38). The van der Waals surface area contributed by atoms with Crippen LogP contribution >= 0.6 is 11.6 Å². The number of nitrogens with zero attached hydrogens (tertiary/aromatic N) is 3. The molecule has 2 aromatic carbocycles. The first-order valence-electron chi connectivity index (χ1n) is 13.8. The van der Waals surface area contributed by atoms with Gasteiger partial charge in [-0.25, -0.2) is 4.79 Å². The quantitative estimate of drug-likeness (QED) is 0.451. The van der Waals surface area contributed by atoms with Crippen LogP contribution in [-0.2, 0) is 11.2 Å². The van der Waals surface area contributed by atoms with Crippen LogP contribution in [0.2, 0.25) is 5.02 Å². The Morgan fingerprint density at radius 2 is 1.82 bits per heavy atom. The van der Waals surface area contributed by atoms with Gasteiger partial charge in [0.25, 0.3) is 0 Å². The molecule has 6 nitrogen and oxygen atoms in total. The number of nitrogens with one attached hydrogen (secondary N) is 1. The number of amides is 3. The molecule has 2 aromatic rings. The summed E-state index contributed by atoms with van der Waals surface area (Å²) in [5, 5.41) is 3.66. The number of urea groups is 1. The van der Waals surface area contributed by atoms with Crippen LogP contribution in [-0.4, -0.2) is 72.5 Å². The number of rotatable bonds is 8. The van der Waals surface area contributed by atoms with E-state index in [1.54, 1.807) is 12.1 Å². The van der Waals surface area contributed by atoms with Crippen LogP contribution in [0.5, 0.6) is 0 Å². The van der Waals surface area contributed by atoms with Gasteiger partial charge in [-0.2, -0.15) is 0 Å². The van der Waals surface area contributed by atoms with Crippen molar-refractivity contribution in [1.82, 2.24) is 14.7 Å². The first-order valence-corrected chi connectivity index (χ1v) is 14.2. The molecule has 3 amide bonds. The van der Waals surface area contributed by atoms with Crippen LogP contribution in [0.15, 0.2) is 66.2 Å². The van der Waals surface area contributed by atoms with E-state index in [0.29, 0.717) is 41.6 Å². The molecular formula is C31H39ClN4O2. The second kappa shape index (κ2) is 11.5. The van der Waals surface area contributed by atoms with Crippen molar-refractivity contribution in [2.75, 3.05) is 51.1 Å². The molecule has 1 saturated heterocycles. The first-order chi connectivity index (χ1) is 18.3. The fourth-order valence-electron chi connectivity index (χ4n) is 6.26. The average molecular weight is 535 g/mol. The van der Waals surface area contributed by atoms with Gasteiger partial charge >= 0.3 is 6.03 Å². The van der Waals surface area contributed by atoms with E-state index in [2.05, 4.69) is 30.1 Å². The Morgan fingerprint density at radius 1 is 1.05 bits per heavy atom. The summed E-state index contributed by atoms with van der Waals surface area (Å²) < 4.78 is 0. The molecule has 1 saturated carbocycles. The lowest BCUT2D eigenvalue weighted by molar-refractivity contribution is -0.132. The minimum atomic E-state index is -0.0934. The van der Waals surface area contributed by atoms with Gasteiger partial charge < -0.3 is 15.1 Å². The minimum absolute atomic E-state index is 0.0934. The average Bonchev–Trinajstić information content (AvgIpc) is 2.91. The summed E-state index contributed by atoms with van der Waals surface area (Å²) in [7, 11) is 0. The highest BCUT2D eigenvalue weighted by molar-refractivity contribution is 6.30. The number of hydrogen-bond donors (Lipinski definition) is 1. The molecule has 6 rings (SSSR count). The molecule has 4 aliphatic rings. The monoisotopic (exact) mass is 534 g/mol. The van der Waals surface area contributed by atoms with Crippen molar-refractivity contribution in [3.05, 3.63) is 76.8 Å². The van der Waals surface area contributed by atoms with Crippen molar-refractivity contribution in [3.8, 4) is 0 Å². The number of halogens is 1. The van der Waals surface area contributed by atoms with E-state index in [-0.39, 0.29) is 11.9 Å². The van der Waals surface area contributed by atoms with Gasteiger partial charge in [0.05, 0.1) is 6.42 Å². The molecule has 1 N–H and O–H groups in total. The minimum Gasteiger partial charge on any atom is -0.340 e. The van der Waals surface area contributed by atoms with Crippen molar-refractivity contribution < 1.29 is 9.59 Å². The van der Waals surface area contributed by atoms with E-state index in [4.69, 9.17) is 11.6 Å². The smallest absolute Gasteiger partial charge is 0.322 e. The van der Waals surface area contributed by atoms with Gasteiger partial charge in [0.2, 0.25) is 5.91 Å². The normalized spacial score (nSPS) is 22.3. The summed E-state index contributed by atoms with van der Waals surface area (Å²) in [6.45, 7) is 9.91. The zero-order chi connectivity index (χ0) is 26.7. The van der Waals surface area contributed by atoms with Crippen molar-refractivity contribution in [1.29, 1.82) is 0 Å². The predicted octanol–water partition coefficient (Wildman–Crippen LogP) is 5.55. The fraction of sp³-hybridized carbons (Fsp3) is 0.484. The van der Waals surface area contributed by atoms with Gasteiger partial charge in [-0.1, -0.05) is 73.5 Å². The highest BCUT2D eigenvalue weighted by Gasteiger charge is 2.51. The first kappa shape index (κ1) is 26.8. The summed E-state index contributed by atoms with van der Waals surface area (Å²) in [6, 6.07) is 17.1. The highest BCUT2D eigenvalue weighted by Crippen LogP contribution is 2.59. The molecule has 7 heteroatoms. The Hall–Kier alpha value is -2.83. The molecule has 202 valence electrons. The molecular weight excluding hydrogens is 496 g/mol. The Morgan fingerprint density at radius 3 is 2.50 bits per heavy atom. The van der Waals surface area contributed by atoms with E-state index in [9.17, 15) is 9.59 Å². The summed E-state index contributed by atoms with van der Waals surface area (Å²) in [5.74, 6) is 1.51. The van der Waals surface area contributed by atoms with Crippen molar-refractivity contribution in [3.63, 3.8) is 0 Å². The van der Waals surface area contributed by atoms with Crippen molar-refractivity contribution in [2.45, 2.75) is 33.1 Å². The molecule has 0 spiro atoms. The highest BCUT2D eigenvalue weighted by atomic mass is 35.5. The number of carbonyl (C=O) groups is 2. The molecule has 0 aromatic heterocycles. The van der Waals surface area contributed by atoms with Gasteiger partial charge in [0, 0.05) is 56.5 Å². The molecule has 38 heavy (non-hydrogen) atoms. The molecule has 2 fully saturated rings. The van der Waals surface area contributed by atoms with E-state index < -0.39 is 0 Å². The number of piperazine rings is 1. The topological polar surface area (TPSA) is 55.9 Å². The Labute approximate surface area is 231 Å². The lowest BCUT2D eigenvalue weighted by Gasteiger charge is -2.57. The lowest BCUT2D eigenvalue weighted by Crippen LogP contribution is -2.53. The van der Waals surface area contributed by atoms with Gasteiger partial charge in [-0.15, -0.1) is 0 Å². The maximum absolute atomic E-state index is 13.4. The number of carbonyl (C=O) groups excluding carboxylic acids is 2. The van der Waals surface area contributed by atoms with Gasteiger partial charge in [0.1, 0.15) is 0 Å². The van der Waals surface area contributed by atoms with Crippen LogP contribution in [0.25, 0.3) is 0 Å². The molecule has 2 atom stereocenters. The molecule has 2 bridgehead atoms. The third-order valence-electron chi connectivity index (χ3n) is 8.93. The van der Waals surface area contributed by atoms with Gasteiger partial charge in [-0.3, -0.25) is 9.69 Å². The summed E-state index contributed by atoms with van der Waals surface area (Å²) in [5.41, 5.74) is 3.48. The van der Waals surface area contributed by atoms with Crippen LogP contribution in [0.3, 0.4) is 0 Å². The van der Waals surface area contributed by atoms with Crippen LogP contribution < -0.4 is 5.32 Å². The van der Waals surface area contributed by atoms with E-state index >= 15 is 0 Å². The van der Waals surface area contributed by atoms with Crippen LogP contribution in [0, 0.1) is 17.3 Å². The molecule has 1 heterocycles. The number of fused-ring (bicyclic) bond motifs is 1. The molecule has 3 aliphatic carbocycles. The zero-order valence-electron chi connectivity index (χ0n) is 22.5. The van der Waals surface area contributed by atoms with Gasteiger partial charge in [0.15, 0.2) is 0 Å². The third kappa shape index (κ3) is 6.08. The van der Waals surface area contributed by atoms with Crippen LogP contribution in [0.1, 0.15) is 32.3 Å². The Kier molecular flexibility index (Phi) is 8.10. The second-order valence-corrected chi connectivity index (χ2v) is 12.0.